The fraction of sp³-hybridized carbons (Fsp3) is 0.429. The molecule has 0 aliphatic heterocycles. The number of hydrogen-bond donors (Lipinski definition) is 0. The second-order valence-electron chi connectivity index (χ2n) is 9.82. The average molecular weight is 397 g/mol. The van der Waals surface area contributed by atoms with E-state index in [1.807, 2.05) is 6.08 Å². The van der Waals surface area contributed by atoms with Crippen LogP contribution in [0.5, 0.6) is 0 Å². The first-order chi connectivity index (χ1) is 14.7. The second kappa shape index (κ2) is 7.04. The summed E-state index contributed by atoms with van der Waals surface area (Å²) in [5.41, 5.74) is 8.07. The van der Waals surface area contributed by atoms with Crippen molar-refractivity contribution in [2.45, 2.75) is 63.2 Å². The molecular formula is C28H28O2. The van der Waals surface area contributed by atoms with Crippen molar-refractivity contribution in [3.63, 3.8) is 0 Å². The van der Waals surface area contributed by atoms with Crippen LogP contribution in [0.3, 0.4) is 0 Å². The quantitative estimate of drug-likeness (QED) is 0.611. The molecule has 4 aliphatic rings. The topological polar surface area (TPSA) is 34.1 Å². The number of rotatable bonds is 1. The van der Waals surface area contributed by atoms with Crippen LogP contribution in [0, 0.1) is 11.8 Å². The first-order valence-electron chi connectivity index (χ1n) is 11.6. The smallest absolute Gasteiger partial charge is 0.156 e. The largest absolute Gasteiger partial charge is 0.300 e. The molecule has 0 amide bonds. The van der Waals surface area contributed by atoms with E-state index in [1.54, 1.807) is 0 Å². The summed E-state index contributed by atoms with van der Waals surface area (Å²) >= 11 is 0. The van der Waals surface area contributed by atoms with Crippen molar-refractivity contribution in [1.82, 2.24) is 0 Å². The molecular weight excluding hydrogens is 368 g/mol. The highest BCUT2D eigenvalue weighted by Crippen LogP contribution is 2.49. The zero-order valence-electron chi connectivity index (χ0n) is 17.4. The lowest BCUT2D eigenvalue weighted by Crippen LogP contribution is -2.29. The Bertz CT molecular complexity index is 1080. The molecule has 0 radical (unpaired) electrons. The molecule has 0 aromatic heterocycles. The molecule has 4 unspecified atom stereocenters. The first-order valence-corrected chi connectivity index (χ1v) is 11.6. The Morgan fingerprint density at radius 2 is 1.57 bits per heavy atom. The molecule has 0 N–H and O–H groups in total. The van der Waals surface area contributed by atoms with Crippen molar-refractivity contribution in [3.05, 3.63) is 76.4 Å². The number of carbonyl (C=O) groups is 2. The third-order valence-corrected chi connectivity index (χ3v) is 8.27. The van der Waals surface area contributed by atoms with Gasteiger partial charge in [-0.3, -0.25) is 9.59 Å². The van der Waals surface area contributed by atoms with Gasteiger partial charge in [0.2, 0.25) is 0 Å². The van der Waals surface area contributed by atoms with Crippen molar-refractivity contribution < 1.29 is 9.59 Å². The van der Waals surface area contributed by atoms with Gasteiger partial charge in [-0.1, -0.05) is 42.5 Å². The Morgan fingerprint density at radius 3 is 2.50 bits per heavy atom. The molecule has 4 aliphatic carbocycles. The Morgan fingerprint density at radius 1 is 0.733 bits per heavy atom. The van der Waals surface area contributed by atoms with Crippen LogP contribution >= 0.6 is 0 Å². The molecule has 152 valence electrons. The molecule has 2 heteroatoms. The minimum absolute atomic E-state index is 0.256. The van der Waals surface area contributed by atoms with E-state index in [1.165, 1.54) is 39.8 Å². The van der Waals surface area contributed by atoms with Gasteiger partial charge in [-0.05, 0) is 95.2 Å². The van der Waals surface area contributed by atoms with Gasteiger partial charge in [-0.15, -0.1) is 0 Å². The number of benzene rings is 2. The number of Topliss-reactive ketones (excluding diaryl/α,β-unsaturated/α-hetero) is 1. The molecule has 1 saturated carbocycles. The maximum Gasteiger partial charge on any atom is 0.156 e. The van der Waals surface area contributed by atoms with Gasteiger partial charge < -0.3 is 0 Å². The molecule has 0 saturated heterocycles. The normalized spacial score (nSPS) is 29.9. The van der Waals surface area contributed by atoms with Crippen molar-refractivity contribution in [3.8, 4) is 0 Å². The standard InChI is InChI=1S/C28H28O2/c29-21-11-9-19-6-5-18-7-8-20(13-25(18)26(19)14-21)27-15-22(30)16-28-23-4-2-1-3-17(23)10-12-24(27)28/h1-4,7-8,13,16,19,24,26-27H,5-6,9-12,14-15H2. The monoisotopic (exact) mass is 396 g/mol. The van der Waals surface area contributed by atoms with Crippen molar-refractivity contribution in [2.24, 2.45) is 11.8 Å². The predicted octanol–water partition coefficient (Wildman–Crippen LogP) is 5.79. The van der Waals surface area contributed by atoms with Crippen LogP contribution in [0.4, 0.5) is 0 Å². The maximum absolute atomic E-state index is 12.8. The van der Waals surface area contributed by atoms with E-state index in [9.17, 15) is 9.59 Å². The average Bonchev–Trinajstić information content (AvgIpc) is 2.78. The van der Waals surface area contributed by atoms with Crippen molar-refractivity contribution >= 4 is 17.1 Å². The highest BCUT2D eigenvalue weighted by Gasteiger charge is 2.38. The van der Waals surface area contributed by atoms with E-state index in [0.717, 1.165) is 32.1 Å². The van der Waals surface area contributed by atoms with Gasteiger partial charge in [0.1, 0.15) is 5.78 Å². The molecule has 6 rings (SSSR count). The van der Waals surface area contributed by atoms with Crippen LogP contribution < -0.4 is 0 Å². The van der Waals surface area contributed by atoms with Crippen molar-refractivity contribution in [2.75, 3.05) is 0 Å². The van der Waals surface area contributed by atoms with E-state index in [0.29, 0.717) is 36.4 Å². The summed E-state index contributed by atoms with van der Waals surface area (Å²) in [4.78, 5) is 25.0. The van der Waals surface area contributed by atoms with Gasteiger partial charge in [-0.25, -0.2) is 0 Å². The minimum atomic E-state index is 0.256. The Labute approximate surface area is 178 Å². The van der Waals surface area contributed by atoms with Crippen LogP contribution in [-0.2, 0) is 22.4 Å². The lowest BCUT2D eigenvalue weighted by Gasteiger charge is -2.39. The third kappa shape index (κ3) is 2.92. The molecule has 2 aromatic carbocycles. The summed E-state index contributed by atoms with van der Waals surface area (Å²) in [6.45, 7) is 0. The van der Waals surface area contributed by atoms with E-state index in [4.69, 9.17) is 0 Å². The minimum Gasteiger partial charge on any atom is -0.300 e. The van der Waals surface area contributed by atoms with Crippen LogP contribution in [0.15, 0.2) is 48.5 Å². The van der Waals surface area contributed by atoms with Crippen molar-refractivity contribution in [1.29, 1.82) is 0 Å². The Kier molecular flexibility index (Phi) is 4.30. The zero-order valence-corrected chi connectivity index (χ0v) is 17.4. The van der Waals surface area contributed by atoms with Crippen LogP contribution in [0.1, 0.15) is 78.2 Å². The number of allylic oxidation sites excluding steroid dienone is 2. The summed E-state index contributed by atoms with van der Waals surface area (Å²) in [6, 6.07) is 15.6. The maximum atomic E-state index is 12.8. The van der Waals surface area contributed by atoms with Crippen LogP contribution in [0.2, 0.25) is 0 Å². The number of aryl methyl sites for hydroxylation is 2. The highest BCUT2D eigenvalue weighted by atomic mass is 16.1. The molecule has 4 atom stereocenters. The van der Waals surface area contributed by atoms with Gasteiger partial charge in [0, 0.05) is 19.3 Å². The summed E-state index contributed by atoms with van der Waals surface area (Å²) < 4.78 is 0. The molecule has 1 fully saturated rings. The van der Waals surface area contributed by atoms with E-state index in [2.05, 4.69) is 42.5 Å². The predicted molar refractivity (Wildman–Crippen MR) is 118 cm³/mol. The second-order valence-corrected chi connectivity index (χ2v) is 9.82. The Hall–Kier alpha value is -2.48. The number of hydrogen-bond acceptors (Lipinski definition) is 2. The summed E-state index contributed by atoms with van der Waals surface area (Å²) in [6.07, 6.45) is 9.64. The first kappa shape index (κ1) is 18.3. The van der Waals surface area contributed by atoms with Crippen LogP contribution in [0.25, 0.3) is 5.57 Å². The molecule has 2 nitrogen and oxygen atoms in total. The lowest BCUT2D eigenvalue weighted by molar-refractivity contribution is -0.121. The number of fused-ring (bicyclic) bond motifs is 6. The summed E-state index contributed by atoms with van der Waals surface area (Å²) in [7, 11) is 0. The molecule has 0 heterocycles. The molecule has 0 spiro atoms. The van der Waals surface area contributed by atoms with Gasteiger partial charge in [-0.2, -0.15) is 0 Å². The summed E-state index contributed by atoms with van der Waals surface area (Å²) in [5.74, 6) is 2.42. The number of ketones is 2. The number of carbonyl (C=O) groups excluding carboxylic acids is 2. The fourth-order valence-electron chi connectivity index (χ4n) is 6.76. The van der Waals surface area contributed by atoms with E-state index in [-0.39, 0.29) is 11.7 Å². The molecule has 30 heavy (non-hydrogen) atoms. The lowest BCUT2D eigenvalue weighted by atomic mass is 9.64. The summed E-state index contributed by atoms with van der Waals surface area (Å²) in [5, 5.41) is 0. The molecule has 2 aromatic rings. The highest BCUT2D eigenvalue weighted by molar-refractivity contribution is 6.00. The van der Waals surface area contributed by atoms with Gasteiger partial charge in [0.05, 0.1) is 0 Å². The van der Waals surface area contributed by atoms with Gasteiger partial charge in [0.15, 0.2) is 5.78 Å². The fourth-order valence-corrected chi connectivity index (χ4v) is 6.76. The van der Waals surface area contributed by atoms with E-state index >= 15 is 0 Å². The zero-order chi connectivity index (χ0) is 20.2. The molecule has 0 bridgehead atoms. The SMILES string of the molecule is O=C1C=C2c3ccccc3CCC2C(c2ccc3c(c2)C2CC(=O)CCC2CC3)C1. The van der Waals surface area contributed by atoms with Crippen LogP contribution in [-0.4, -0.2) is 11.6 Å². The Balaban J connectivity index is 1.39. The van der Waals surface area contributed by atoms with E-state index < -0.39 is 0 Å². The third-order valence-electron chi connectivity index (χ3n) is 8.27. The van der Waals surface area contributed by atoms with Gasteiger partial charge in [0.25, 0.3) is 0 Å². The van der Waals surface area contributed by atoms with Gasteiger partial charge >= 0.3 is 0 Å².